The highest BCUT2D eigenvalue weighted by Gasteiger charge is 2.36. The molecule has 1 aliphatic rings. The number of primary amides is 1. The van der Waals surface area contributed by atoms with Gasteiger partial charge in [0.05, 0.1) is 14.2 Å². The van der Waals surface area contributed by atoms with Crippen LogP contribution in [0.15, 0.2) is 54.6 Å². The molecular weight excluding hydrogens is 457 g/mol. The molecule has 0 aromatic heterocycles. The Hall–Kier alpha value is -3.52. The van der Waals surface area contributed by atoms with Gasteiger partial charge in [-0.05, 0) is 65.8 Å². The lowest BCUT2D eigenvalue weighted by atomic mass is 9.86. The number of methoxy groups -OCH3 is 2. The van der Waals surface area contributed by atoms with Crippen LogP contribution in [0, 0.1) is 17.5 Å². The molecule has 0 fully saturated rings. The van der Waals surface area contributed by atoms with Crippen LogP contribution in [-0.2, 0) is 17.6 Å². The van der Waals surface area contributed by atoms with E-state index in [0.29, 0.717) is 36.4 Å². The monoisotopic (exact) mass is 484 g/mol. The predicted octanol–water partition coefficient (Wildman–Crippen LogP) is 4.88. The Morgan fingerprint density at radius 2 is 1.66 bits per heavy atom. The van der Waals surface area contributed by atoms with Crippen molar-refractivity contribution < 1.29 is 27.4 Å². The highest BCUT2D eigenvalue weighted by atomic mass is 19.2. The van der Waals surface area contributed by atoms with Gasteiger partial charge in [0.1, 0.15) is 6.04 Å². The first-order valence-electron chi connectivity index (χ1n) is 11.3. The number of carbonyl (C=O) groups is 1. The van der Waals surface area contributed by atoms with E-state index in [0.717, 1.165) is 28.8 Å². The number of carbonyl (C=O) groups excluding carboxylic acids is 1. The molecule has 0 radical (unpaired) electrons. The van der Waals surface area contributed by atoms with E-state index < -0.39 is 29.4 Å². The Bertz CT molecular complexity index is 1200. The van der Waals surface area contributed by atoms with E-state index in [9.17, 15) is 18.0 Å². The maximum absolute atomic E-state index is 13.8. The van der Waals surface area contributed by atoms with E-state index in [4.69, 9.17) is 15.2 Å². The highest BCUT2D eigenvalue weighted by molar-refractivity contribution is 5.81. The second-order valence-corrected chi connectivity index (χ2v) is 8.54. The van der Waals surface area contributed by atoms with E-state index in [1.807, 2.05) is 47.4 Å². The minimum atomic E-state index is -1.49. The van der Waals surface area contributed by atoms with Crippen LogP contribution in [-0.4, -0.2) is 31.6 Å². The van der Waals surface area contributed by atoms with Crippen LogP contribution in [0.1, 0.15) is 40.8 Å². The van der Waals surface area contributed by atoms with Gasteiger partial charge in [0.15, 0.2) is 29.0 Å². The van der Waals surface area contributed by atoms with Gasteiger partial charge in [0.2, 0.25) is 5.91 Å². The maximum atomic E-state index is 13.8. The first-order chi connectivity index (χ1) is 16.8. The molecule has 1 unspecified atom stereocenters. The summed E-state index contributed by atoms with van der Waals surface area (Å²) in [5, 5.41) is 0. The zero-order valence-electron chi connectivity index (χ0n) is 19.6. The lowest BCUT2D eigenvalue weighted by molar-refractivity contribution is -0.124. The van der Waals surface area contributed by atoms with Gasteiger partial charge in [0, 0.05) is 12.6 Å². The van der Waals surface area contributed by atoms with Gasteiger partial charge in [-0.2, -0.15) is 0 Å². The second-order valence-electron chi connectivity index (χ2n) is 8.54. The normalized spacial score (nSPS) is 16.4. The van der Waals surface area contributed by atoms with Crippen molar-refractivity contribution in [1.29, 1.82) is 0 Å². The first kappa shape index (κ1) is 24.6. The topological polar surface area (TPSA) is 64.8 Å². The van der Waals surface area contributed by atoms with E-state index in [1.165, 1.54) is 0 Å². The van der Waals surface area contributed by atoms with E-state index >= 15 is 0 Å². The predicted molar refractivity (Wildman–Crippen MR) is 126 cm³/mol. The zero-order valence-corrected chi connectivity index (χ0v) is 19.6. The van der Waals surface area contributed by atoms with Gasteiger partial charge < -0.3 is 15.2 Å². The van der Waals surface area contributed by atoms with Crippen molar-refractivity contribution in [2.75, 3.05) is 20.8 Å². The number of benzene rings is 3. The molecule has 0 spiro atoms. The second kappa shape index (κ2) is 10.4. The molecule has 0 saturated heterocycles. The summed E-state index contributed by atoms with van der Waals surface area (Å²) in [5.41, 5.74) is 8.90. The molecule has 2 atom stereocenters. The number of nitrogens with zero attached hydrogens (tertiary/aromatic N) is 1. The van der Waals surface area contributed by atoms with E-state index in [2.05, 4.69) is 0 Å². The Labute approximate surface area is 202 Å². The fourth-order valence-corrected chi connectivity index (χ4v) is 4.89. The number of rotatable bonds is 8. The molecule has 1 amide bonds. The van der Waals surface area contributed by atoms with Gasteiger partial charge in [0.25, 0.3) is 0 Å². The molecule has 2 N–H and O–H groups in total. The summed E-state index contributed by atoms with van der Waals surface area (Å²) in [6.45, 7) is 0.530. The fourth-order valence-electron chi connectivity index (χ4n) is 4.89. The van der Waals surface area contributed by atoms with Crippen molar-refractivity contribution in [1.82, 2.24) is 4.90 Å². The van der Waals surface area contributed by atoms with Crippen LogP contribution in [0.3, 0.4) is 0 Å². The van der Waals surface area contributed by atoms with Crippen LogP contribution < -0.4 is 15.2 Å². The summed E-state index contributed by atoms with van der Waals surface area (Å²) in [6.07, 6.45) is 1.30. The van der Waals surface area contributed by atoms with Crippen molar-refractivity contribution in [2.45, 2.75) is 31.3 Å². The minimum Gasteiger partial charge on any atom is -0.493 e. The van der Waals surface area contributed by atoms with Crippen LogP contribution in [0.4, 0.5) is 13.2 Å². The third kappa shape index (κ3) is 4.98. The van der Waals surface area contributed by atoms with Crippen molar-refractivity contribution in [3.63, 3.8) is 0 Å². The van der Waals surface area contributed by atoms with Crippen molar-refractivity contribution in [3.8, 4) is 11.5 Å². The Balaban J connectivity index is 1.77. The molecule has 1 aliphatic heterocycles. The average Bonchev–Trinajstić information content (AvgIpc) is 2.86. The largest absolute Gasteiger partial charge is 0.493 e. The quantitative estimate of drug-likeness (QED) is 0.463. The number of nitrogens with two attached hydrogens (primary N) is 1. The van der Waals surface area contributed by atoms with Crippen molar-refractivity contribution >= 4 is 5.91 Å². The number of hydrogen-bond donors (Lipinski definition) is 1. The lowest BCUT2D eigenvalue weighted by Gasteiger charge is -2.41. The highest BCUT2D eigenvalue weighted by Crippen LogP contribution is 2.43. The van der Waals surface area contributed by atoms with E-state index in [1.54, 1.807) is 14.2 Å². The Morgan fingerprint density at radius 3 is 2.26 bits per heavy atom. The lowest BCUT2D eigenvalue weighted by Crippen LogP contribution is -2.44. The number of ether oxygens (including phenoxy) is 2. The average molecular weight is 485 g/mol. The molecular formula is C27H27F3N2O3. The molecule has 5 nitrogen and oxygen atoms in total. The maximum Gasteiger partial charge on any atom is 0.239 e. The standard InChI is InChI=1S/C27H27F3N2O3/c1-34-23-14-18-10-11-32(26(27(31)33)17-6-4-3-5-7-17)22(19(18)15-24(23)35-2)9-8-16-12-20(28)25(30)21(29)13-16/h3-7,12-15,22,26H,8-11H2,1-2H3,(H2,31,33)/t22?,26-/m1/s1. The van der Waals surface area contributed by atoms with Gasteiger partial charge in [-0.25, -0.2) is 13.2 Å². The molecule has 184 valence electrons. The first-order valence-corrected chi connectivity index (χ1v) is 11.3. The van der Waals surface area contributed by atoms with Crippen molar-refractivity contribution in [3.05, 3.63) is 94.3 Å². The third-order valence-electron chi connectivity index (χ3n) is 6.51. The summed E-state index contributed by atoms with van der Waals surface area (Å²) in [7, 11) is 3.10. The van der Waals surface area contributed by atoms with Gasteiger partial charge in [-0.1, -0.05) is 30.3 Å². The molecule has 1 heterocycles. The van der Waals surface area contributed by atoms with Crippen LogP contribution >= 0.6 is 0 Å². The molecule has 8 heteroatoms. The van der Waals surface area contributed by atoms with Gasteiger partial charge in [-0.15, -0.1) is 0 Å². The van der Waals surface area contributed by atoms with Crippen LogP contribution in [0.25, 0.3) is 0 Å². The molecule has 35 heavy (non-hydrogen) atoms. The number of fused-ring (bicyclic) bond motifs is 1. The summed E-state index contributed by atoms with van der Waals surface area (Å²) in [5.74, 6) is -3.32. The molecule has 3 aromatic rings. The summed E-state index contributed by atoms with van der Waals surface area (Å²) >= 11 is 0. The van der Waals surface area contributed by atoms with Crippen LogP contribution in [0.5, 0.6) is 11.5 Å². The zero-order chi connectivity index (χ0) is 25.1. The summed E-state index contributed by atoms with van der Waals surface area (Å²) in [6, 6.07) is 14.0. The van der Waals surface area contributed by atoms with E-state index in [-0.39, 0.29) is 12.5 Å². The van der Waals surface area contributed by atoms with Crippen molar-refractivity contribution in [2.24, 2.45) is 5.73 Å². The number of halogens is 3. The molecule has 0 saturated carbocycles. The van der Waals surface area contributed by atoms with Crippen LogP contribution in [0.2, 0.25) is 0 Å². The molecule has 0 aliphatic carbocycles. The number of amides is 1. The van der Waals surface area contributed by atoms with Gasteiger partial charge in [-0.3, -0.25) is 9.69 Å². The number of hydrogen-bond acceptors (Lipinski definition) is 4. The third-order valence-corrected chi connectivity index (χ3v) is 6.51. The number of aryl methyl sites for hydroxylation is 1. The smallest absolute Gasteiger partial charge is 0.239 e. The molecule has 3 aromatic carbocycles. The molecule has 0 bridgehead atoms. The van der Waals surface area contributed by atoms with Gasteiger partial charge >= 0.3 is 0 Å². The molecule has 4 rings (SSSR count). The SMILES string of the molecule is COc1cc2c(cc1OC)C(CCc1cc(F)c(F)c(F)c1)N([C@@H](C(N)=O)c1ccccc1)CC2. The Kier molecular flexibility index (Phi) is 7.31. The fraction of sp³-hybridized carbons (Fsp3) is 0.296. The minimum absolute atomic E-state index is 0.253. The summed E-state index contributed by atoms with van der Waals surface area (Å²) in [4.78, 5) is 14.7. The Morgan fingerprint density at radius 1 is 1.03 bits per heavy atom. The summed E-state index contributed by atoms with van der Waals surface area (Å²) < 4.78 is 52.1.